The molecular weight excluding hydrogens is 302 g/mol. The van der Waals surface area contributed by atoms with Crippen molar-refractivity contribution in [1.82, 2.24) is 19.9 Å². The van der Waals surface area contributed by atoms with Crippen LogP contribution in [-0.2, 0) is 13.0 Å². The van der Waals surface area contributed by atoms with E-state index in [9.17, 15) is 4.79 Å². The van der Waals surface area contributed by atoms with Gasteiger partial charge in [-0.1, -0.05) is 0 Å². The van der Waals surface area contributed by atoms with E-state index in [0.717, 1.165) is 42.4 Å². The number of carbonyl (C=O) groups is 1. The molecular formula is C18H21N5O. The maximum atomic E-state index is 12.7. The molecule has 2 aromatic rings. The maximum Gasteiger partial charge on any atom is 0.255 e. The molecule has 0 saturated carbocycles. The monoisotopic (exact) mass is 323 g/mol. The Morgan fingerprint density at radius 1 is 1.17 bits per heavy atom. The molecule has 4 heterocycles. The van der Waals surface area contributed by atoms with Gasteiger partial charge in [-0.3, -0.25) is 9.78 Å². The van der Waals surface area contributed by atoms with Crippen molar-refractivity contribution >= 4 is 11.7 Å². The highest BCUT2D eigenvalue weighted by Crippen LogP contribution is 2.29. The summed E-state index contributed by atoms with van der Waals surface area (Å²) in [4.78, 5) is 30.3. The fourth-order valence-corrected chi connectivity index (χ4v) is 3.55. The number of hydrogen-bond donors (Lipinski definition) is 0. The van der Waals surface area contributed by atoms with Gasteiger partial charge in [-0.15, -0.1) is 0 Å². The van der Waals surface area contributed by atoms with Crippen molar-refractivity contribution in [3.05, 3.63) is 47.2 Å². The molecule has 0 aromatic carbocycles. The van der Waals surface area contributed by atoms with E-state index in [1.165, 1.54) is 12.8 Å². The summed E-state index contributed by atoms with van der Waals surface area (Å²) in [5, 5.41) is 0. The molecule has 2 aromatic heterocycles. The van der Waals surface area contributed by atoms with Crippen LogP contribution in [-0.4, -0.2) is 45.4 Å². The third-order valence-electron chi connectivity index (χ3n) is 4.75. The topological polar surface area (TPSA) is 62.2 Å². The van der Waals surface area contributed by atoms with Gasteiger partial charge in [0.05, 0.1) is 17.8 Å². The first-order valence-corrected chi connectivity index (χ1v) is 8.53. The molecule has 24 heavy (non-hydrogen) atoms. The molecule has 0 N–H and O–H groups in total. The Morgan fingerprint density at radius 3 is 2.75 bits per heavy atom. The highest BCUT2D eigenvalue weighted by molar-refractivity contribution is 5.94. The zero-order chi connectivity index (χ0) is 16.5. The van der Waals surface area contributed by atoms with E-state index in [1.54, 1.807) is 18.5 Å². The Labute approximate surface area is 141 Å². The molecule has 1 saturated heterocycles. The fourth-order valence-electron chi connectivity index (χ4n) is 3.55. The number of pyridine rings is 1. The standard InChI is InChI=1S/C18H21N5O/c1-13-20-16-6-10-23(18(24)14-5-4-7-19-11-14)12-15(16)17(21-13)22-8-2-3-9-22/h4-5,7,11H,2-3,6,8-10,12H2,1H3. The molecule has 0 atom stereocenters. The van der Waals surface area contributed by atoms with E-state index < -0.39 is 0 Å². The zero-order valence-corrected chi connectivity index (χ0v) is 13.9. The predicted molar refractivity (Wildman–Crippen MR) is 90.9 cm³/mol. The second kappa shape index (κ2) is 6.19. The van der Waals surface area contributed by atoms with Crippen molar-refractivity contribution < 1.29 is 4.79 Å². The molecule has 124 valence electrons. The minimum Gasteiger partial charge on any atom is -0.356 e. The van der Waals surface area contributed by atoms with Crippen molar-refractivity contribution in [2.75, 3.05) is 24.5 Å². The summed E-state index contributed by atoms with van der Waals surface area (Å²) in [6.07, 6.45) is 6.51. The van der Waals surface area contributed by atoms with Gasteiger partial charge in [0.1, 0.15) is 11.6 Å². The summed E-state index contributed by atoms with van der Waals surface area (Å²) in [5.74, 6) is 1.88. The van der Waals surface area contributed by atoms with Crippen LogP contribution in [0.1, 0.15) is 40.3 Å². The largest absolute Gasteiger partial charge is 0.356 e. The Morgan fingerprint density at radius 2 is 2.00 bits per heavy atom. The lowest BCUT2D eigenvalue weighted by Crippen LogP contribution is -2.38. The second-order valence-electron chi connectivity index (χ2n) is 6.43. The molecule has 0 aliphatic carbocycles. The lowest BCUT2D eigenvalue weighted by molar-refractivity contribution is 0.0733. The van der Waals surface area contributed by atoms with Crippen LogP contribution in [0.15, 0.2) is 24.5 Å². The highest BCUT2D eigenvalue weighted by atomic mass is 16.2. The Balaban J connectivity index is 1.65. The third-order valence-corrected chi connectivity index (χ3v) is 4.75. The molecule has 1 fully saturated rings. The number of aromatic nitrogens is 3. The van der Waals surface area contributed by atoms with Gasteiger partial charge in [-0.2, -0.15) is 0 Å². The molecule has 6 nitrogen and oxygen atoms in total. The van der Waals surface area contributed by atoms with E-state index in [2.05, 4.69) is 14.9 Å². The van der Waals surface area contributed by atoms with Crippen molar-refractivity contribution in [3.63, 3.8) is 0 Å². The van der Waals surface area contributed by atoms with Crippen LogP contribution in [0.5, 0.6) is 0 Å². The van der Waals surface area contributed by atoms with Crippen LogP contribution in [0.4, 0.5) is 5.82 Å². The minimum atomic E-state index is 0.0293. The number of aryl methyl sites for hydroxylation is 1. The molecule has 4 rings (SSSR count). The molecule has 6 heteroatoms. The van der Waals surface area contributed by atoms with Crippen LogP contribution in [0, 0.1) is 6.92 Å². The van der Waals surface area contributed by atoms with Gasteiger partial charge in [-0.05, 0) is 31.9 Å². The average molecular weight is 323 g/mol. The third kappa shape index (κ3) is 2.72. The van der Waals surface area contributed by atoms with Crippen LogP contribution in [0.3, 0.4) is 0 Å². The van der Waals surface area contributed by atoms with Gasteiger partial charge in [0, 0.05) is 44.0 Å². The quantitative estimate of drug-likeness (QED) is 0.846. The molecule has 2 aliphatic rings. The normalized spacial score (nSPS) is 17.0. The van der Waals surface area contributed by atoms with Crippen LogP contribution >= 0.6 is 0 Å². The lowest BCUT2D eigenvalue weighted by atomic mass is 10.0. The number of nitrogens with zero attached hydrogens (tertiary/aromatic N) is 5. The summed E-state index contributed by atoms with van der Waals surface area (Å²) in [7, 11) is 0. The van der Waals surface area contributed by atoms with E-state index in [1.807, 2.05) is 17.9 Å². The Hall–Kier alpha value is -2.50. The first kappa shape index (κ1) is 15.1. The van der Waals surface area contributed by atoms with Gasteiger partial charge >= 0.3 is 0 Å². The van der Waals surface area contributed by atoms with E-state index in [0.29, 0.717) is 18.7 Å². The number of anilines is 1. The Bertz CT molecular complexity index is 756. The predicted octanol–water partition coefficient (Wildman–Crippen LogP) is 1.98. The van der Waals surface area contributed by atoms with E-state index in [4.69, 9.17) is 4.98 Å². The Kier molecular flexibility index (Phi) is 3.88. The molecule has 0 spiro atoms. The van der Waals surface area contributed by atoms with Crippen molar-refractivity contribution in [2.24, 2.45) is 0 Å². The highest BCUT2D eigenvalue weighted by Gasteiger charge is 2.28. The van der Waals surface area contributed by atoms with Gasteiger partial charge in [0.25, 0.3) is 5.91 Å². The van der Waals surface area contributed by atoms with Crippen molar-refractivity contribution in [3.8, 4) is 0 Å². The molecule has 0 radical (unpaired) electrons. The molecule has 0 bridgehead atoms. The van der Waals surface area contributed by atoms with Gasteiger partial charge in [0.15, 0.2) is 0 Å². The molecule has 0 unspecified atom stereocenters. The summed E-state index contributed by atoms with van der Waals surface area (Å²) in [5.41, 5.74) is 2.85. The average Bonchev–Trinajstić information content (AvgIpc) is 3.15. The molecule has 1 amide bonds. The fraction of sp³-hybridized carbons (Fsp3) is 0.444. The summed E-state index contributed by atoms with van der Waals surface area (Å²) in [6.45, 7) is 5.30. The van der Waals surface area contributed by atoms with Crippen molar-refractivity contribution in [1.29, 1.82) is 0 Å². The van der Waals surface area contributed by atoms with Gasteiger partial charge in [-0.25, -0.2) is 9.97 Å². The minimum absolute atomic E-state index is 0.0293. The van der Waals surface area contributed by atoms with Crippen LogP contribution in [0.2, 0.25) is 0 Å². The maximum absolute atomic E-state index is 12.7. The number of rotatable bonds is 2. The van der Waals surface area contributed by atoms with Crippen LogP contribution in [0.25, 0.3) is 0 Å². The summed E-state index contributed by atoms with van der Waals surface area (Å²) >= 11 is 0. The molecule has 2 aliphatic heterocycles. The first-order chi connectivity index (χ1) is 11.7. The van der Waals surface area contributed by atoms with Gasteiger partial charge in [0.2, 0.25) is 0 Å². The lowest BCUT2D eigenvalue weighted by Gasteiger charge is -2.31. The zero-order valence-electron chi connectivity index (χ0n) is 13.9. The second-order valence-corrected chi connectivity index (χ2v) is 6.43. The SMILES string of the molecule is Cc1nc2c(c(N3CCCC3)n1)CN(C(=O)c1cccnc1)CC2. The summed E-state index contributed by atoms with van der Waals surface area (Å²) in [6, 6.07) is 3.62. The number of carbonyl (C=O) groups excluding carboxylic acids is 1. The van der Waals surface area contributed by atoms with E-state index >= 15 is 0 Å². The first-order valence-electron chi connectivity index (χ1n) is 8.53. The number of hydrogen-bond acceptors (Lipinski definition) is 5. The summed E-state index contributed by atoms with van der Waals surface area (Å²) < 4.78 is 0. The van der Waals surface area contributed by atoms with Crippen LogP contribution < -0.4 is 4.90 Å². The number of fused-ring (bicyclic) bond motifs is 1. The number of amides is 1. The van der Waals surface area contributed by atoms with Gasteiger partial charge < -0.3 is 9.80 Å². The van der Waals surface area contributed by atoms with Crippen molar-refractivity contribution in [2.45, 2.75) is 32.7 Å². The smallest absolute Gasteiger partial charge is 0.255 e. The van der Waals surface area contributed by atoms with E-state index in [-0.39, 0.29) is 5.91 Å².